The van der Waals surface area contributed by atoms with E-state index in [0.29, 0.717) is 5.41 Å². The summed E-state index contributed by atoms with van der Waals surface area (Å²) in [5, 5.41) is 0. The summed E-state index contributed by atoms with van der Waals surface area (Å²) in [5.41, 5.74) is 0.634. The fourth-order valence-electron chi connectivity index (χ4n) is 1.21. The van der Waals surface area contributed by atoms with Crippen molar-refractivity contribution in [3.8, 4) is 0 Å². The molecule has 0 aliphatic heterocycles. The zero-order valence-corrected chi connectivity index (χ0v) is 7.33. The Morgan fingerprint density at radius 3 is 1.36 bits per heavy atom. The first-order valence-corrected chi connectivity index (χ1v) is 4.18. The third kappa shape index (κ3) is 6.40. The van der Waals surface area contributed by atoms with Gasteiger partial charge in [0.1, 0.15) is 0 Å². The van der Waals surface area contributed by atoms with Gasteiger partial charge in [-0.3, -0.25) is 0 Å². The summed E-state index contributed by atoms with van der Waals surface area (Å²) in [7, 11) is 0. The average molecular weight is 160 g/mol. The van der Waals surface area contributed by atoms with Crippen LogP contribution in [-0.4, -0.2) is 0 Å². The maximum absolute atomic E-state index is 2.39. The molecule has 0 aliphatic carbocycles. The van der Waals surface area contributed by atoms with Crippen molar-refractivity contribution in [1.29, 1.82) is 0 Å². The van der Waals surface area contributed by atoms with Gasteiger partial charge in [0, 0.05) is 0 Å². The van der Waals surface area contributed by atoms with Crippen LogP contribution in [0.4, 0.5) is 0 Å². The molecule has 0 aromatic carbocycles. The van der Waals surface area contributed by atoms with Crippen molar-refractivity contribution in [2.45, 2.75) is 68.2 Å². The highest BCUT2D eigenvalue weighted by atomic mass is 14.2. The fraction of sp³-hybridized carbons (Fsp3) is 1.00. The molecule has 0 atom stereocenters. The van der Waals surface area contributed by atoms with E-state index in [2.05, 4.69) is 27.7 Å². The molecule has 0 bridgehead atoms. The monoisotopic (exact) mass is 160 g/mol. The van der Waals surface area contributed by atoms with E-state index in [1.54, 1.807) is 0 Å². The minimum Gasteiger partial charge on any atom is -0.0776 e. The SMILES string of the molecule is C.C.CCCC(C)(CC)CC. The topological polar surface area (TPSA) is 0 Å². The van der Waals surface area contributed by atoms with Crippen LogP contribution in [-0.2, 0) is 0 Å². The maximum atomic E-state index is 2.39. The molecule has 0 saturated heterocycles. The van der Waals surface area contributed by atoms with Gasteiger partial charge in [0.05, 0.1) is 0 Å². The molecule has 0 saturated carbocycles. The van der Waals surface area contributed by atoms with Crippen molar-refractivity contribution >= 4 is 0 Å². The summed E-state index contributed by atoms with van der Waals surface area (Å²) < 4.78 is 0. The van der Waals surface area contributed by atoms with E-state index < -0.39 is 0 Å². The third-order valence-electron chi connectivity index (χ3n) is 2.56. The summed E-state index contributed by atoms with van der Waals surface area (Å²) in [6.07, 6.45) is 5.38. The van der Waals surface area contributed by atoms with Gasteiger partial charge in [-0.25, -0.2) is 0 Å². The van der Waals surface area contributed by atoms with Gasteiger partial charge in [-0.1, -0.05) is 61.8 Å². The number of hydrogen-bond acceptors (Lipinski definition) is 0. The molecule has 11 heavy (non-hydrogen) atoms. The average Bonchev–Trinajstić information content (AvgIpc) is 1.89. The van der Waals surface area contributed by atoms with Gasteiger partial charge in [0.25, 0.3) is 0 Å². The fourth-order valence-corrected chi connectivity index (χ4v) is 1.21. The molecule has 0 radical (unpaired) electrons. The molecule has 0 spiro atoms. The molecule has 0 heteroatoms. The minimum atomic E-state index is 0. The summed E-state index contributed by atoms with van der Waals surface area (Å²) in [6.45, 7) is 9.23. The quantitative estimate of drug-likeness (QED) is 0.549. The largest absolute Gasteiger partial charge is 0.0776 e. The van der Waals surface area contributed by atoms with Gasteiger partial charge in [0.2, 0.25) is 0 Å². The first-order chi connectivity index (χ1) is 4.18. The van der Waals surface area contributed by atoms with Gasteiger partial charge >= 0.3 is 0 Å². The maximum Gasteiger partial charge on any atom is -0.0331 e. The second-order valence-corrected chi connectivity index (χ2v) is 3.27. The molecule has 0 amide bonds. The van der Waals surface area contributed by atoms with Crippen LogP contribution in [0.2, 0.25) is 0 Å². The van der Waals surface area contributed by atoms with Gasteiger partial charge in [-0.15, -0.1) is 0 Å². The van der Waals surface area contributed by atoms with Crippen molar-refractivity contribution in [3.05, 3.63) is 0 Å². The van der Waals surface area contributed by atoms with Crippen molar-refractivity contribution in [2.24, 2.45) is 5.41 Å². The number of hydrogen-bond donors (Lipinski definition) is 0. The highest BCUT2D eigenvalue weighted by Crippen LogP contribution is 2.30. The van der Waals surface area contributed by atoms with Crippen LogP contribution in [0.1, 0.15) is 68.2 Å². The van der Waals surface area contributed by atoms with Crippen LogP contribution in [0, 0.1) is 5.41 Å². The zero-order chi connectivity index (χ0) is 7.33. The molecule has 0 fully saturated rings. The van der Waals surface area contributed by atoms with Crippen molar-refractivity contribution in [2.75, 3.05) is 0 Å². The lowest BCUT2D eigenvalue weighted by molar-refractivity contribution is 0.270. The summed E-state index contributed by atoms with van der Waals surface area (Å²) in [6, 6.07) is 0. The Hall–Kier alpha value is 0. The predicted molar refractivity (Wildman–Crippen MR) is 57.1 cm³/mol. The second-order valence-electron chi connectivity index (χ2n) is 3.27. The second kappa shape index (κ2) is 8.10. The lowest BCUT2D eigenvalue weighted by Gasteiger charge is -2.25. The first-order valence-electron chi connectivity index (χ1n) is 4.18. The van der Waals surface area contributed by atoms with E-state index in [1.165, 1.54) is 25.7 Å². The Kier molecular flexibility index (Phi) is 12.7. The minimum absolute atomic E-state index is 0. The molecule has 0 aliphatic rings. The molecule has 72 valence electrons. The van der Waals surface area contributed by atoms with Gasteiger partial charge in [-0.05, 0) is 11.8 Å². The zero-order valence-electron chi connectivity index (χ0n) is 7.33. The van der Waals surface area contributed by atoms with Crippen molar-refractivity contribution < 1.29 is 0 Å². The van der Waals surface area contributed by atoms with Gasteiger partial charge in [0.15, 0.2) is 0 Å². The highest BCUT2D eigenvalue weighted by molar-refractivity contribution is 4.69. The van der Waals surface area contributed by atoms with Crippen LogP contribution < -0.4 is 0 Å². The first kappa shape index (κ1) is 17.2. The van der Waals surface area contributed by atoms with E-state index in [1.807, 2.05) is 0 Å². The van der Waals surface area contributed by atoms with E-state index >= 15 is 0 Å². The van der Waals surface area contributed by atoms with Crippen LogP contribution in [0.5, 0.6) is 0 Å². The Balaban J connectivity index is -0.000000320. The third-order valence-corrected chi connectivity index (χ3v) is 2.56. The summed E-state index contributed by atoms with van der Waals surface area (Å²) in [4.78, 5) is 0. The van der Waals surface area contributed by atoms with Crippen LogP contribution in [0.3, 0.4) is 0 Å². The van der Waals surface area contributed by atoms with Crippen LogP contribution >= 0.6 is 0 Å². The molecule has 0 aromatic rings. The molecule has 0 nitrogen and oxygen atoms in total. The molecular formula is C11H28. The lowest BCUT2D eigenvalue weighted by atomic mass is 9.81. The normalized spacial score (nSPS) is 9.82. The molecule has 0 unspecified atom stereocenters. The Morgan fingerprint density at radius 1 is 0.909 bits per heavy atom. The van der Waals surface area contributed by atoms with Crippen LogP contribution in [0.15, 0.2) is 0 Å². The van der Waals surface area contributed by atoms with E-state index in [0.717, 1.165) is 0 Å². The molecular weight excluding hydrogens is 132 g/mol. The molecule has 0 heterocycles. The van der Waals surface area contributed by atoms with Gasteiger partial charge in [-0.2, -0.15) is 0 Å². The van der Waals surface area contributed by atoms with E-state index in [-0.39, 0.29) is 14.9 Å². The lowest BCUT2D eigenvalue weighted by Crippen LogP contribution is -2.12. The smallest absolute Gasteiger partial charge is 0.0331 e. The van der Waals surface area contributed by atoms with Crippen LogP contribution in [0.25, 0.3) is 0 Å². The summed E-state index contributed by atoms with van der Waals surface area (Å²) in [5.74, 6) is 0. The molecule has 0 N–H and O–H groups in total. The van der Waals surface area contributed by atoms with E-state index in [9.17, 15) is 0 Å². The molecule has 0 aromatic heterocycles. The predicted octanol–water partition coefficient (Wildman–Crippen LogP) is 4.89. The van der Waals surface area contributed by atoms with Gasteiger partial charge < -0.3 is 0 Å². The van der Waals surface area contributed by atoms with Crippen molar-refractivity contribution in [3.63, 3.8) is 0 Å². The highest BCUT2D eigenvalue weighted by Gasteiger charge is 2.16. The van der Waals surface area contributed by atoms with Crippen molar-refractivity contribution in [1.82, 2.24) is 0 Å². The number of rotatable bonds is 4. The summed E-state index contributed by atoms with van der Waals surface area (Å²) >= 11 is 0. The Labute approximate surface area is 74.4 Å². The Morgan fingerprint density at radius 2 is 1.27 bits per heavy atom. The van der Waals surface area contributed by atoms with E-state index in [4.69, 9.17) is 0 Å². The Bertz CT molecular complexity index is 60.4. The standard InChI is InChI=1S/C9H20.2CH4/c1-5-8-9(4,6-2)7-3;;/h5-8H2,1-4H3;2*1H4. The molecule has 0 rings (SSSR count).